The summed E-state index contributed by atoms with van der Waals surface area (Å²) in [7, 11) is 1.82. The second-order valence-electron chi connectivity index (χ2n) is 7.82. The molecule has 9 nitrogen and oxygen atoms in total. The topological polar surface area (TPSA) is 106 Å². The third kappa shape index (κ3) is 5.01. The zero-order valence-electron chi connectivity index (χ0n) is 17.7. The summed E-state index contributed by atoms with van der Waals surface area (Å²) >= 11 is 1.38. The molecule has 0 saturated carbocycles. The van der Waals surface area contributed by atoms with Gasteiger partial charge in [-0.3, -0.25) is 19.6 Å². The van der Waals surface area contributed by atoms with Gasteiger partial charge in [-0.1, -0.05) is 12.1 Å². The van der Waals surface area contributed by atoms with Crippen LogP contribution in [0.1, 0.15) is 58.5 Å². The summed E-state index contributed by atoms with van der Waals surface area (Å²) in [6.45, 7) is 3.38. The van der Waals surface area contributed by atoms with E-state index in [9.17, 15) is 9.59 Å². The van der Waals surface area contributed by atoms with E-state index in [2.05, 4.69) is 27.5 Å². The van der Waals surface area contributed by atoms with Crippen LogP contribution < -0.4 is 5.32 Å². The van der Waals surface area contributed by atoms with Gasteiger partial charge in [0.1, 0.15) is 5.76 Å². The smallest absolute Gasteiger partial charge is 0.276 e. The maximum atomic E-state index is 12.7. The summed E-state index contributed by atoms with van der Waals surface area (Å²) in [5.74, 6) is 0.836. The monoisotopic (exact) mass is 442 g/mol. The van der Waals surface area contributed by atoms with Gasteiger partial charge in [-0.15, -0.1) is 11.3 Å². The number of thiazole rings is 1. The van der Waals surface area contributed by atoms with E-state index in [-0.39, 0.29) is 11.8 Å². The fourth-order valence-corrected chi connectivity index (χ4v) is 4.40. The van der Waals surface area contributed by atoms with E-state index in [4.69, 9.17) is 4.52 Å². The summed E-state index contributed by atoms with van der Waals surface area (Å²) < 4.78 is 6.91. The van der Waals surface area contributed by atoms with Gasteiger partial charge in [-0.05, 0) is 31.6 Å². The fraction of sp³-hybridized carbons (Fsp3) is 0.476. The number of rotatable bonds is 7. The van der Waals surface area contributed by atoms with Crippen LogP contribution in [0.3, 0.4) is 0 Å². The first-order valence-corrected chi connectivity index (χ1v) is 11.4. The van der Waals surface area contributed by atoms with E-state index in [1.54, 1.807) is 23.1 Å². The summed E-state index contributed by atoms with van der Waals surface area (Å²) in [6, 6.07) is 1.75. The normalized spacial score (nSPS) is 14.7. The van der Waals surface area contributed by atoms with Gasteiger partial charge in [0.2, 0.25) is 0 Å². The molecule has 164 valence electrons. The van der Waals surface area contributed by atoms with Gasteiger partial charge in [-0.25, -0.2) is 4.98 Å². The lowest BCUT2D eigenvalue weighted by Gasteiger charge is -2.31. The van der Waals surface area contributed by atoms with Gasteiger partial charge < -0.3 is 9.42 Å². The van der Waals surface area contributed by atoms with Crippen molar-refractivity contribution in [1.29, 1.82) is 0 Å². The molecule has 4 rings (SSSR count). The number of amides is 2. The molecule has 0 unspecified atom stereocenters. The van der Waals surface area contributed by atoms with Crippen molar-refractivity contribution in [2.24, 2.45) is 13.0 Å². The minimum atomic E-state index is -0.195. The third-order valence-corrected chi connectivity index (χ3v) is 6.15. The molecule has 0 bridgehead atoms. The molecule has 0 atom stereocenters. The lowest BCUT2D eigenvalue weighted by molar-refractivity contribution is 0.0679. The molecule has 1 saturated heterocycles. The molecule has 0 aromatic carbocycles. The van der Waals surface area contributed by atoms with Crippen molar-refractivity contribution in [3.05, 3.63) is 46.6 Å². The number of hydrogen-bond donors (Lipinski definition) is 1. The summed E-state index contributed by atoms with van der Waals surface area (Å²) in [4.78, 5) is 31.3. The van der Waals surface area contributed by atoms with Crippen LogP contribution in [0, 0.1) is 5.92 Å². The van der Waals surface area contributed by atoms with Crippen molar-refractivity contribution in [2.45, 2.75) is 39.0 Å². The lowest BCUT2D eigenvalue weighted by atomic mass is 9.91. The standard InChI is InChI=1S/C21H26N6O3S/c1-3-4-15-12-18(25-30-15)20(29)27-8-5-14(6-9-27)11-17-16(13-26(2)24-17)19(28)23-21-22-7-10-31-21/h7,10,12-14H,3-6,8-9,11H2,1-2H3,(H,22,23,28). The van der Waals surface area contributed by atoms with Gasteiger partial charge in [0.05, 0.1) is 11.3 Å². The highest BCUT2D eigenvalue weighted by Crippen LogP contribution is 2.24. The molecule has 1 aliphatic heterocycles. The van der Waals surface area contributed by atoms with Crippen molar-refractivity contribution in [3.63, 3.8) is 0 Å². The van der Waals surface area contributed by atoms with Crippen LogP contribution in [0.25, 0.3) is 0 Å². The van der Waals surface area contributed by atoms with Crippen molar-refractivity contribution in [2.75, 3.05) is 18.4 Å². The molecule has 0 spiro atoms. The Labute approximate surface area is 184 Å². The van der Waals surface area contributed by atoms with Gasteiger partial charge >= 0.3 is 0 Å². The lowest BCUT2D eigenvalue weighted by Crippen LogP contribution is -2.39. The van der Waals surface area contributed by atoms with Crippen LogP contribution in [-0.4, -0.2) is 49.7 Å². The highest BCUT2D eigenvalue weighted by molar-refractivity contribution is 7.13. The number of hydrogen-bond acceptors (Lipinski definition) is 7. The molecule has 4 heterocycles. The van der Waals surface area contributed by atoms with E-state index >= 15 is 0 Å². The SMILES string of the molecule is CCCc1cc(C(=O)N2CCC(Cc3nn(C)cc3C(=O)Nc3nccs3)CC2)no1. The number of aryl methyl sites for hydroxylation is 2. The Kier molecular flexibility index (Phi) is 6.45. The second kappa shape index (κ2) is 9.42. The molecule has 2 amide bonds. The van der Waals surface area contributed by atoms with E-state index in [0.717, 1.165) is 37.1 Å². The van der Waals surface area contributed by atoms with Gasteiger partial charge in [-0.2, -0.15) is 5.10 Å². The Hall–Kier alpha value is -3.01. The van der Waals surface area contributed by atoms with Crippen molar-refractivity contribution >= 4 is 28.3 Å². The fourth-order valence-electron chi connectivity index (χ4n) is 3.88. The van der Waals surface area contributed by atoms with Crippen molar-refractivity contribution in [3.8, 4) is 0 Å². The number of piperidine rings is 1. The number of carbonyl (C=O) groups is 2. The molecular weight excluding hydrogens is 416 g/mol. The molecule has 3 aromatic heterocycles. The summed E-state index contributed by atoms with van der Waals surface area (Å²) in [6.07, 6.45) is 7.55. The summed E-state index contributed by atoms with van der Waals surface area (Å²) in [5.41, 5.74) is 1.73. The zero-order valence-corrected chi connectivity index (χ0v) is 18.5. The quantitative estimate of drug-likeness (QED) is 0.602. The maximum Gasteiger partial charge on any atom is 0.276 e. The molecule has 10 heteroatoms. The Morgan fingerprint density at radius 2 is 2.13 bits per heavy atom. The first-order chi connectivity index (χ1) is 15.0. The van der Waals surface area contributed by atoms with E-state index in [1.807, 2.05) is 17.3 Å². The number of anilines is 1. The van der Waals surface area contributed by atoms with E-state index < -0.39 is 0 Å². The van der Waals surface area contributed by atoms with Crippen LogP contribution in [0.15, 0.2) is 28.4 Å². The van der Waals surface area contributed by atoms with Crippen LogP contribution >= 0.6 is 11.3 Å². The van der Waals surface area contributed by atoms with Crippen LogP contribution in [0.4, 0.5) is 5.13 Å². The minimum absolute atomic E-state index is 0.0779. The Morgan fingerprint density at radius 1 is 1.32 bits per heavy atom. The van der Waals surface area contributed by atoms with Gasteiger partial charge in [0.15, 0.2) is 10.8 Å². The molecule has 1 fully saturated rings. The van der Waals surface area contributed by atoms with Gasteiger partial charge in [0, 0.05) is 50.4 Å². The third-order valence-electron chi connectivity index (χ3n) is 5.46. The Bertz CT molecular complexity index is 1030. The zero-order chi connectivity index (χ0) is 21.8. The second-order valence-corrected chi connectivity index (χ2v) is 8.72. The number of nitrogens with one attached hydrogen (secondary N) is 1. The highest BCUT2D eigenvalue weighted by Gasteiger charge is 2.27. The average Bonchev–Trinajstić information content (AvgIpc) is 3.50. The number of carbonyl (C=O) groups excluding carboxylic acids is 2. The predicted octanol–water partition coefficient (Wildman–Crippen LogP) is 3.16. The maximum absolute atomic E-state index is 12.7. The summed E-state index contributed by atoms with van der Waals surface area (Å²) in [5, 5.41) is 13.7. The molecule has 1 aliphatic rings. The molecule has 0 aliphatic carbocycles. The molecular formula is C21H26N6O3S. The predicted molar refractivity (Wildman–Crippen MR) is 116 cm³/mol. The number of nitrogens with zero attached hydrogens (tertiary/aromatic N) is 5. The average molecular weight is 443 g/mol. The first-order valence-electron chi connectivity index (χ1n) is 10.5. The van der Waals surface area contributed by atoms with Crippen LogP contribution in [0.2, 0.25) is 0 Å². The largest absolute Gasteiger partial charge is 0.361 e. The van der Waals surface area contributed by atoms with Gasteiger partial charge in [0.25, 0.3) is 11.8 Å². The molecule has 31 heavy (non-hydrogen) atoms. The number of aromatic nitrogens is 4. The van der Waals surface area contributed by atoms with E-state index in [1.165, 1.54) is 11.3 Å². The molecule has 0 radical (unpaired) electrons. The minimum Gasteiger partial charge on any atom is -0.361 e. The van der Waals surface area contributed by atoms with Crippen LogP contribution in [-0.2, 0) is 19.9 Å². The van der Waals surface area contributed by atoms with Crippen LogP contribution in [0.5, 0.6) is 0 Å². The Morgan fingerprint density at radius 3 is 2.84 bits per heavy atom. The highest BCUT2D eigenvalue weighted by atomic mass is 32.1. The molecule has 1 N–H and O–H groups in total. The first kappa shape index (κ1) is 21.2. The van der Waals surface area contributed by atoms with Crippen molar-refractivity contribution in [1.82, 2.24) is 24.8 Å². The number of likely N-dealkylation sites (tertiary alicyclic amines) is 1. The van der Waals surface area contributed by atoms with E-state index in [0.29, 0.717) is 41.8 Å². The van der Waals surface area contributed by atoms with Crippen molar-refractivity contribution < 1.29 is 14.1 Å². The Balaban J connectivity index is 1.34. The molecule has 3 aromatic rings.